The van der Waals surface area contributed by atoms with E-state index in [1.54, 1.807) is 6.07 Å². The van der Waals surface area contributed by atoms with Crippen LogP contribution in [0.15, 0.2) is 10.6 Å². The Morgan fingerprint density at radius 3 is 2.96 bits per heavy atom. The molecule has 2 unspecified atom stereocenters. The van der Waals surface area contributed by atoms with Crippen molar-refractivity contribution in [2.24, 2.45) is 0 Å². The molecule has 146 valence electrons. The van der Waals surface area contributed by atoms with Gasteiger partial charge in [0.2, 0.25) is 5.91 Å². The van der Waals surface area contributed by atoms with Gasteiger partial charge in [-0.3, -0.25) is 9.69 Å². The van der Waals surface area contributed by atoms with Gasteiger partial charge in [-0.1, -0.05) is 11.6 Å². The van der Waals surface area contributed by atoms with E-state index in [0.717, 1.165) is 50.5 Å². The molecule has 8 nitrogen and oxygen atoms in total. The van der Waals surface area contributed by atoms with Crippen molar-refractivity contribution >= 4 is 11.7 Å². The van der Waals surface area contributed by atoms with E-state index in [1.165, 1.54) is 19.3 Å². The number of hydrogen-bond donors (Lipinski definition) is 1. The summed E-state index contributed by atoms with van der Waals surface area (Å²) in [6.07, 6.45) is 6.86. The zero-order valence-electron chi connectivity index (χ0n) is 16.1. The highest BCUT2D eigenvalue weighted by molar-refractivity contribution is 5.93. The molecule has 1 N–H and O–H groups in total. The van der Waals surface area contributed by atoms with Gasteiger partial charge in [-0.15, -0.1) is 10.2 Å². The molecule has 0 spiro atoms. The molecule has 8 heteroatoms. The molecule has 1 saturated heterocycles. The summed E-state index contributed by atoms with van der Waals surface area (Å²) in [5, 5.41) is 15.7. The first-order valence-electron chi connectivity index (χ1n) is 10.0. The van der Waals surface area contributed by atoms with Gasteiger partial charge < -0.3 is 14.4 Å². The molecule has 0 saturated carbocycles. The lowest BCUT2D eigenvalue weighted by Crippen LogP contribution is -2.47. The smallest absolute Gasteiger partial charge is 0.242 e. The summed E-state index contributed by atoms with van der Waals surface area (Å²) in [5.41, 5.74) is 0. The molecule has 2 aliphatic heterocycles. The second kappa shape index (κ2) is 7.80. The molecule has 0 radical (unpaired) electrons. The van der Waals surface area contributed by atoms with E-state index in [-0.39, 0.29) is 11.9 Å². The second-order valence-corrected chi connectivity index (χ2v) is 7.76. The van der Waals surface area contributed by atoms with Gasteiger partial charge in [-0.2, -0.15) is 0 Å². The highest BCUT2D eigenvalue weighted by Gasteiger charge is 2.31. The Labute approximate surface area is 159 Å². The predicted octanol–water partition coefficient (Wildman–Crippen LogP) is 2.51. The number of fused-ring (bicyclic) bond motifs is 1. The van der Waals surface area contributed by atoms with Crippen LogP contribution < -0.4 is 5.32 Å². The molecule has 2 aromatic rings. The molecule has 0 aromatic carbocycles. The minimum atomic E-state index is -0.226. The maximum Gasteiger partial charge on any atom is 0.242 e. The first-order valence-corrected chi connectivity index (χ1v) is 10.0. The number of likely N-dealkylation sites (tertiary alicyclic amines) is 1. The molecule has 4 heterocycles. The van der Waals surface area contributed by atoms with Crippen LogP contribution in [0.25, 0.3) is 0 Å². The SMILES string of the molecule is Cc1cc(NC(=O)C(C)N2CCCC(c3nnc4n3CCCCC4)C2)no1. The number of aryl methyl sites for hydroxylation is 2. The standard InChI is InChI=1S/C19H28N6O2/c1-13-11-16(23-27-13)20-19(26)14(2)24-9-6-7-15(12-24)18-22-21-17-8-4-3-5-10-25(17)18/h11,14-15H,3-10,12H2,1-2H3,(H,20,23,26). The summed E-state index contributed by atoms with van der Waals surface area (Å²) in [7, 11) is 0. The first-order chi connectivity index (χ1) is 13.1. The molecule has 27 heavy (non-hydrogen) atoms. The third kappa shape index (κ3) is 3.90. The fourth-order valence-electron chi connectivity index (χ4n) is 4.20. The summed E-state index contributed by atoms with van der Waals surface area (Å²) >= 11 is 0. The number of hydrogen-bond acceptors (Lipinski definition) is 6. The topological polar surface area (TPSA) is 89.1 Å². The quantitative estimate of drug-likeness (QED) is 0.887. The fourth-order valence-corrected chi connectivity index (χ4v) is 4.20. The van der Waals surface area contributed by atoms with E-state index >= 15 is 0 Å². The number of rotatable bonds is 4. The Hall–Kier alpha value is -2.22. The molecule has 2 aromatic heterocycles. The number of piperidine rings is 1. The van der Waals surface area contributed by atoms with Crippen LogP contribution in [0.5, 0.6) is 0 Å². The molecular formula is C19H28N6O2. The zero-order valence-corrected chi connectivity index (χ0v) is 16.1. The first kappa shape index (κ1) is 18.2. The van der Waals surface area contributed by atoms with E-state index in [2.05, 4.69) is 30.1 Å². The normalized spacial score (nSPS) is 22.1. The lowest BCUT2D eigenvalue weighted by molar-refractivity contribution is -0.121. The Balaban J connectivity index is 1.43. The van der Waals surface area contributed by atoms with Crippen molar-refractivity contribution < 1.29 is 9.32 Å². The Bertz CT molecular complexity index is 798. The Kier molecular flexibility index (Phi) is 5.24. The van der Waals surface area contributed by atoms with Gasteiger partial charge in [0.15, 0.2) is 5.82 Å². The average molecular weight is 372 g/mol. The predicted molar refractivity (Wildman–Crippen MR) is 100 cm³/mol. The summed E-state index contributed by atoms with van der Waals surface area (Å²) in [5.74, 6) is 3.68. The second-order valence-electron chi connectivity index (χ2n) is 7.76. The van der Waals surface area contributed by atoms with Gasteiger partial charge in [0.25, 0.3) is 0 Å². The van der Waals surface area contributed by atoms with Gasteiger partial charge in [0, 0.05) is 31.5 Å². The molecular weight excluding hydrogens is 344 g/mol. The number of amides is 1. The van der Waals surface area contributed by atoms with Crippen LogP contribution in [-0.2, 0) is 17.8 Å². The van der Waals surface area contributed by atoms with Crippen molar-refractivity contribution in [1.82, 2.24) is 24.8 Å². The van der Waals surface area contributed by atoms with E-state index in [9.17, 15) is 4.79 Å². The molecule has 1 amide bonds. The van der Waals surface area contributed by atoms with Crippen LogP contribution in [0.3, 0.4) is 0 Å². The lowest BCUT2D eigenvalue weighted by atomic mass is 9.95. The number of nitrogens with zero attached hydrogens (tertiary/aromatic N) is 5. The van der Waals surface area contributed by atoms with Crippen LogP contribution in [-0.4, -0.2) is 49.9 Å². The van der Waals surface area contributed by atoms with Crippen LogP contribution >= 0.6 is 0 Å². The van der Waals surface area contributed by atoms with E-state index in [4.69, 9.17) is 4.52 Å². The average Bonchev–Trinajstić information content (AvgIpc) is 3.19. The fraction of sp³-hybridized carbons (Fsp3) is 0.684. The van der Waals surface area contributed by atoms with E-state index in [1.807, 2.05) is 13.8 Å². The third-order valence-electron chi connectivity index (χ3n) is 5.76. The minimum Gasteiger partial charge on any atom is -0.360 e. The van der Waals surface area contributed by atoms with Gasteiger partial charge in [0.05, 0.1) is 6.04 Å². The van der Waals surface area contributed by atoms with Crippen LogP contribution in [0, 0.1) is 6.92 Å². The maximum absolute atomic E-state index is 12.6. The van der Waals surface area contributed by atoms with Gasteiger partial charge in [0.1, 0.15) is 17.4 Å². The Morgan fingerprint density at radius 2 is 2.15 bits per heavy atom. The summed E-state index contributed by atoms with van der Waals surface area (Å²) in [6.45, 7) is 6.54. The Morgan fingerprint density at radius 1 is 1.26 bits per heavy atom. The maximum atomic E-state index is 12.6. The minimum absolute atomic E-state index is 0.0518. The molecule has 0 aliphatic carbocycles. The number of carbonyl (C=O) groups excluding carboxylic acids is 1. The van der Waals surface area contributed by atoms with Crippen molar-refractivity contribution in [2.45, 2.75) is 70.9 Å². The molecule has 2 aliphatic rings. The number of nitrogens with one attached hydrogen (secondary N) is 1. The van der Waals surface area contributed by atoms with Crippen LogP contribution in [0.1, 0.15) is 62.4 Å². The van der Waals surface area contributed by atoms with Crippen molar-refractivity contribution in [3.63, 3.8) is 0 Å². The largest absolute Gasteiger partial charge is 0.360 e. The summed E-state index contributed by atoms with van der Waals surface area (Å²) in [6, 6.07) is 1.51. The molecule has 2 atom stereocenters. The van der Waals surface area contributed by atoms with Crippen molar-refractivity contribution in [1.29, 1.82) is 0 Å². The highest BCUT2D eigenvalue weighted by Crippen LogP contribution is 2.29. The van der Waals surface area contributed by atoms with Gasteiger partial charge in [-0.05, 0) is 46.1 Å². The lowest BCUT2D eigenvalue weighted by Gasteiger charge is -2.35. The summed E-state index contributed by atoms with van der Waals surface area (Å²) in [4.78, 5) is 14.9. The van der Waals surface area contributed by atoms with E-state index in [0.29, 0.717) is 17.5 Å². The highest BCUT2D eigenvalue weighted by atomic mass is 16.5. The van der Waals surface area contributed by atoms with Gasteiger partial charge >= 0.3 is 0 Å². The van der Waals surface area contributed by atoms with E-state index < -0.39 is 0 Å². The number of carbonyl (C=O) groups is 1. The van der Waals surface area contributed by atoms with Crippen LogP contribution in [0.2, 0.25) is 0 Å². The van der Waals surface area contributed by atoms with Gasteiger partial charge in [-0.25, -0.2) is 0 Å². The monoisotopic (exact) mass is 372 g/mol. The number of anilines is 1. The summed E-state index contributed by atoms with van der Waals surface area (Å²) < 4.78 is 7.36. The zero-order chi connectivity index (χ0) is 18.8. The molecule has 0 bridgehead atoms. The molecule has 4 rings (SSSR count). The van der Waals surface area contributed by atoms with Crippen molar-refractivity contribution in [3.05, 3.63) is 23.5 Å². The number of aromatic nitrogens is 4. The van der Waals surface area contributed by atoms with Crippen molar-refractivity contribution in [3.8, 4) is 0 Å². The van der Waals surface area contributed by atoms with Crippen molar-refractivity contribution in [2.75, 3.05) is 18.4 Å². The van der Waals surface area contributed by atoms with Crippen LogP contribution in [0.4, 0.5) is 5.82 Å². The molecule has 1 fully saturated rings. The third-order valence-corrected chi connectivity index (χ3v) is 5.76.